The van der Waals surface area contributed by atoms with Gasteiger partial charge in [-0.1, -0.05) is 30.3 Å². The Kier molecular flexibility index (Phi) is 5.60. The lowest BCUT2D eigenvalue weighted by Crippen LogP contribution is -2.39. The van der Waals surface area contributed by atoms with E-state index in [2.05, 4.69) is 46.4 Å². The maximum atomic E-state index is 12.3. The van der Waals surface area contributed by atoms with Gasteiger partial charge < -0.3 is 11.1 Å². The molecule has 2 atom stereocenters. The SMILES string of the molecule is CC(NC(=O)c1csc(CN)n1)C1CCN(Cc2ccccc2)C1. The van der Waals surface area contributed by atoms with Gasteiger partial charge in [0.2, 0.25) is 0 Å². The smallest absolute Gasteiger partial charge is 0.270 e. The van der Waals surface area contributed by atoms with Crippen LogP contribution < -0.4 is 11.1 Å². The Balaban J connectivity index is 1.50. The molecule has 1 amide bonds. The fraction of sp³-hybridized carbons (Fsp3) is 0.444. The number of benzene rings is 1. The summed E-state index contributed by atoms with van der Waals surface area (Å²) in [6, 6.07) is 10.7. The van der Waals surface area contributed by atoms with Crippen LogP contribution in [-0.4, -0.2) is 34.9 Å². The molecule has 6 heteroatoms. The Morgan fingerprint density at radius 2 is 2.25 bits per heavy atom. The maximum absolute atomic E-state index is 12.3. The van der Waals surface area contributed by atoms with Crippen molar-refractivity contribution in [3.05, 3.63) is 52.0 Å². The summed E-state index contributed by atoms with van der Waals surface area (Å²) < 4.78 is 0. The zero-order chi connectivity index (χ0) is 16.9. The number of rotatable bonds is 6. The third kappa shape index (κ3) is 4.20. The van der Waals surface area contributed by atoms with Crippen LogP contribution in [-0.2, 0) is 13.1 Å². The average Bonchev–Trinajstić information content (AvgIpc) is 3.25. The highest BCUT2D eigenvalue weighted by Gasteiger charge is 2.28. The number of thiazole rings is 1. The Labute approximate surface area is 146 Å². The third-order valence-electron chi connectivity index (χ3n) is 4.58. The quantitative estimate of drug-likeness (QED) is 0.843. The fourth-order valence-electron chi connectivity index (χ4n) is 3.16. The fourth-order valence-corrected chi connectivity index (χ4v) is 3.82. The zero-order valence-electron chi connectivity index (χ0n) is 13.9. The molecule has 1 aliphatic heterocycles. The highest BCUT2D eigenvalue weighted by Crippen LogP contribution is 2.22. The van der Waals surface area contributed by atoms with Crippen molar-refractivity contribution >= 4 is 17.2 Å². The van der Waals surface area contributed by atoms with Crippen LogP contribution in [0.5, 0.6) is 0 Å². The molecule has 0 radical (unpaired) electrons. The van der Waals surface area contributed by atoms with E-state index in [0.717, 1.165) is 31.1 Å². The lowest BCUT2D eigenvalue weighted by atomic mass is 10.0. The number of carbonyl (C=O) groups excluding carboxylic acids is 1. The van der Waals surface area contributed by atoms with Crippen LogP contribution in [0.3, 0.4) is 0 Å². The van der Waals surface area contributed by atoms with Crippen LogP contribution >= 0.6 is 11.3 Å². The molecular weight excluding hydrogens is 320 g/mol. The van der Waals surface area contributed by atoms with Gasteiger partial charge in [-0.15, -0.1) is 11.3 Å². The van der Waals surface area contributed by atoms with Crippen LogP contribution in [0, 0.1) is 5.92 Å². The monoisotopic (exact) mass is 344 g/mol. The molecule has 5 nitrogen and oxygen atoms in total. The van der Waals surface area contributed by atoms with Crippen molar-refractivity contribution in [2.24, 2.45) is 11.7 Å². The van der Waals surface area contributed by atoms with Crippen molar-refractivity contribution < 1.29 is 4.79 Å². The topological polar surface area (TPSA) is 71.2 Å². The number of aromatic nitrogens is 1. The summed E-state index contributed by atoms with van der Waals surface area (Å²) in [5.41, 5.74) is 7.37. The summed E-state index contributed by atoms with van der Waals surface area (Å²) in [5.74, 6) is 0.380. The maximum Gasteiger partial charge on any atom is 0.270 e. The summed E-state index contributed by atoms with van der Waals surface area (Å²) in [4.78, 5) is 19.0. The molecule has 0 spiro atoms. The minimum Gasteiger partial charge on any atom is -0.348 e. The number of carbonyl (C=O) groups is 1. The second-order valence-electron chi connectivity index (χ2n) is 6.36. The number of hydrogen-bond donors (Lipinski definition) is 2. The molecule has 1 fully saturated rings. The van der Waals surface area contributed by atoms with E-state index in [1.54, 1.807) is 5.38 Å². The van der Waals surface area contributed by atoms with Crippen molar-refractivity contribution in [2.75, 3.05) is 13.1 Å². The first kappa shape index (κ1) is 17.1. The Morgan fingerprint density at radius 1 is 1.46 bits per heavy atom. The molecule has 3 N–H and O–H groups in total. The van der Waals surface area contributed by atoms with Gasteiger partial charge in [0.15, 0.2) is 0 Å². The number of nitrogens with one attached hydrogen (secondary N) is 1. The minimum atomic E-state index is -0.0973. The van der Waals surface area contributed by atoms with Gasteiger partial charge in [-0.2, -0.15) is 0 Å². The van der Waals surface area contributed by atoms with E-state index in [0.29, 0.717) is 18.2 Å². The first-order chi connectivity index (χ1) is 11.7. The number of likely N-dealkylation sites (tertiary alicyclic amines) is 1. The summed E-state index contributed by atoms with van der Waals surface area (Å²) in [5, 5.41) is 5.67. The number of hydrogen-bond acceptors (Lipinski definition) is 5. The van der Waals surface area contributed by atoms with Crippen LogP contribution in [0.1, 0.15) is 34.4 Å². The molecule has 24 heavy (non-hydrogen) atoms. The van der Waals surface area contributed by atoms with Crippen LogP contribution in [0.4, 0.5) is 0 Å². The molecule has 3 rings (SSSR count). The van der Waals surface area contributed by atoms with Crippen molar-refractivity contribution in [1.82, 2.24) is 15.2 Å². The standard InChI is InChI=1S/C18H24N4OS/c1-13(20-18(23)16-12-24-17(9-19)21-16)15-7-8-22(11-15)10-14-5-3-2-4-6-14/h2-6,12-13,15H,7-11,19H2,1H3,(H,20,23). The van der Waals surface area contributed by atoms with Gasteiger partial charge in [0.05, 0.1) is 0 Å². The number of amides is 1. The molecule has 2 aromatic rings. The molecule has 0 bridgehead atoms. The molecule has 0 saturated carbocycles. The summed E-state index contributed by atoms with van der Waals surface area (Å²) in [6.07, 6.45) is 1.11. The lowest BCUT2D eigenvalue weighted by molar-refractivity contribution is 0.0922. The van der Waals surface area contributed by atoms with E-state index >= 15 is 0 Å². The van der Waals surface area contributed by atoms with Gasteiger partial charge in [-0.05, 0) is 31.4 Å². The van der Waals surface area contributed by atoms with Gasteiger partial charge in [0.25, 0.3) is 5.91 Å². The highest BCUT2D eigenvalue weighted by molar-refractivity contribution is 7.09. The van der Waals surface area contributed by atoms with Crippen molar-refractivity contribution in [2.45, 2.75) is 32.5 Å². The summed E-state index contributed by atoms with van der Waals surface area (Å²) in [6.45, 7) is 5.54. The van der Waals surface area contributed by atoms with Crippen LogP contribution in [0.2, 0.25) is 0 Å². The lowest BCUT2D eigenvalue weighted by Gasteiger charge is -2.21. The minimum absolute atomic E-state index is 0.0973. The van der Waals surface area contributed by atoms with E-state index < -0.39 is 0 Å². The summed E-state index contributed by atoms with van der Waals surface area (Å²) in [7, 11) is 0. The molecule has 1 aliphatic rings. The van der Waals surface area contributed by atoms with Gasteiger partial charge in [-0.3, -0.25) is 9.69 Å². The van der Waals surface area contributed by atoms with Gasteiger partial charge >= 0.3 is 0 Å². The molecule has 1 aromatic heterocycles. The first-order valence-corrected chi connectivity index (χ1v) is 9.25. The number of nitrogens with zero attached hydrogens (tertiary/aromatic N) is 2. The Hall–Kier alpha value is -1.76. The molecule has 1 aromatic carbocycles. The predicted molar refractivity (Wildman–Crippen MR) is 96.8 cm³/mol. The molecule has 1 saturated heterocycles. The summed E-state index contributed by atoms with van der Waals surface area (Å²) >= 11 is 1.43. The first-order valence-electron chi connectivity index (χ1n) is 8.37. The number of nitrogens with two attached hydrogens (primary N) is 1. The van der Waals surface area contributed by atoms with Gasteiger partial charge in [0, 0.05) is 31.1 Å². The van der Waals surface area contributed by atoms with E-state index in [-0.39, 0.29) is 11.9 Å². The Morgan fingerprint density at radius 3 is 2.96 bits per heavy atom. The largest absolute Gasteiger partial charge is 0.348 e. The molecule has 2 heterocycles. The van der Waals surface area contributed by atoms with Crippen molar-refractivity contribution in [3.63, 3.8) is 0 Å². The second kappa shape index (κ2) is 7.88. The van der Waals surface area contributed by atoms with Crippen LogP contribution in [0.25, 0.3) is 0 Å². The van der Waals surface area contributed by atoms with E-state index in [1.165, 1.54) is 16.9 Å². The van der Waals surface area contributed by atoms with Gasteiger partial charge in [-0.25, -0.2) is 4.98 Å². The van der Waals surface area contributed by atoms with E-state index in [1.807, 2.05) is 6.07 Å². The second-order valence-corrected chi connectivity index (χ2v) is 7.30. The molecular formula is C18H24N4OS. The average molecular weight is 344 g/mol. The molecule has 128 valence electrons. The third-order valence-corrected chi connectivity index (χ3v) is 5.45. The van der Waals surface area contributed by atoms with E-state index in [4.69, 9.17) is 5.73 Å². The van der Waals surface area contributed by atoms with Crippen molar-refractivity contribution in [1.29, 1.82) is 0 Å². The highest BCUT2D eigenvalue weighted by atomic mass is 32.1. The zero-order valence-corrected chi connectivity index (χ0v) is 14.8. The normalized spacial score (nSPS) is 19.3. The molecule has 0 aliphatic carbocycles. The predicted octanol–water partition coefficient (Wildman–Crippen LogP) is 2.24. The van der Waals surface area contributed by atoms with E-state index in [9.17, 15) is 4.79 Å². The molecule has 2 unspecified atom stereocenters. The van der Waals surface area contributed by atoms with Crippen LogP contribution in [0.15, 0.2) is 35.7 Å². The van der Waals surface area contributed by atoms with Gasteiger partial charge in [0.1, 0.15) is 10.7 Å². The Bertz CT molecular complexity index is 673. The van der Waals surface area contributed by atoms with Crippen molar-refractivity contribution in [3.8, 4) is 0 Å².